The zero-order valence-corrected chi connectivity index (χ0v) is 34.1. The molecule has 0 aromatic heterocycles. The first kappa shape index (κ1) is 38.7. The fraction of sp³-hybridized carbons (Fsp3) is 0.288. The van der Waals surface area contributed by atoms with Crippen molar-refractivity contribution in [3.05, 3.63) is 139 Å². The van der Waals surface area contributed by atoms with E-state index in [0.717, 1.165) is 34.3 Å². The lowest BCUT2D eigenvalue weighted by molar-refractivity contribution is 0.108. The molecular formula is C52H55O2P. The van der Waals surface area contributed by atoms with E-state index in [9.17, 15) is 0 Å². The first-order valence-electron chi connectivity index (χ1n) is 20.2. The monoisotopic (exact) mass is 742 g/mol. The standard InChI is InChI=1S/C52H55O2P/c1-6-8-16-31-53-35-37-20-17-24-40(33-37)47-42-26-12-13-27-43(42)48(41-25-18-21-38(34-41)36-54-32-19-30-52(3,4)7-2)50-49(47)46(39-22-10-9-11-23-39)44-28-14-15-29-45(44)51(50)55-5/h9-15,17-18,20-29,33-34H,5-8,16,19,30-32,35-36H2,1-4H3. The number of hydrogen-bond acceptors (Lipinski definition) is 2. The van der Waals surface area contributed by atoms with Gasteiger partial charge in [-0.2, -0.15) is 0 Å². The summed E-state index contributed by atoms with van der Waals surface area (Å²) in [6, 6.07) is 47.0. The molecule has 0 aliphatic carbocycles. The summed E-state index contributed by atoms with van der Waals surface area (Å²) in [5, 5.41) is 8.77. The molecule has 0 saturated carbocycles. The van der Waals surface area contributed by atoms with E-state index in [1.54, 1.807) is 0 Å². The van der Waals surface area contributed by atoms with Gasteiger partial charge in [0.1, 0.15) is 0 Å². The smallest absolute Gasteiger partial charge is 0.0717 e. The molecule has 0 saturated heterocycles. The van der Waals surface area contributed by atoms with Crippen molar-refractivity contribution in [1.29, 1.82) is 0 Å². The number of fused-ring (bicyclic) bond motifs is 3. The van der Waals surface area contributed by atoms with Crippen LogP contribution in [0.4, 0.5) is 0 Å². The highest BCUT2D eigenvalue weighted by Gasteiger charge is 2.25. The summed E-state index contributed by atoms with van der Waals surface area (Å²) in [7, 11) is 0.979. The van der Waals surface area contributed by atoms with Gasteiger partial charge in [-0.3, -0.25) is 0 Å². The minimum absolute atomic E-state index is 0.356. The largest absolute Gasteiger partial charge is 0.377 e. The van der Waals surface area contributed by atoms with Crippen LogP contribution in [0, 0.1) is 5.41 Å². The SMILES string of the molecule is C=Pc1c2ccccc2c(-c2ccccc2)c2c(-c3cccc(COCCCCC)c3)c3ccccc3c(-c3cccc(COCCCC(C)(C)CC)c3)c12. The average Bonchev–Trinajstić information content (AvgIpc) is 3.22. The van der Waals surface area contributed by atoms with Crippen LogP contribution in [0.3, 0.4) is 0 Å². The Labute approximate surface area is 330 Å². The molecule has 280 valence electrons. The van der Waals surface area contributed by atoms with Crippen LogP contribution < -0.4 is 5.30 Å². The zero-order chi connectivity index (χ0) is 38.2. The highest BCUT2D eigenvalue weighted by Crippen LogP contribution is 2.49. The highest BCUT2D eigenvalue weighted by molar-refractivity contribution is 7.47. The van der Waals surface area contributed by atoms with E-state index < -0.39 is 0 Å². The van der Waals surface area contributed by atoms with Crippen LogP contribution in [0.1, 0.15) is 77.3 Å². The fourth-order valence-electron chi connectivity index (χ4n) is 8.07. The Bertz CT molecular complexity index is 2410. The maximum Gasteiger partial charge on any atom is 0.0717 e. The Morgan fingerprint density at radius 2 is 1.02 bits per heavy atom. The van der Waals surface area contributed by atoms with Crippen LogP contribution in [-0.4, -0.2) is 19.5 Å². The minimum atomic E-state index is 0.356. The lowest BCUT2D eigenvalue weighted by atomic mass is 9.80. The van der Waals surface area contributed by atoms with Crippen molar-refractivity contribution in [2.24, 2.45) is 5.41 Å². The van der Waals surface area contributed by atoms with Crippen LogP contribution in [0.2, 0.25) is 0 Å². The summed E-state index contributed by atoms with van der Waals surface area (Å²) in [5.74, 6) is 0. The van der Waals surface area contributed by atoms with Crippen molar-refractivity contribution in [1.82, 2.24) is 0 Å². The molecular weight excluding hydrogens is 688 g/mol. The number of ether oxygens (including phenoxy) is 2. The third-order valence-electron chi connectivity index (χ3n) is 11.3. The topological polar surface area (TPSA) is 18.5 Å². The molecule has 55 heavy (non-hydrogen) atoms. The van der Waals surface area contributed by atoms with E-state index in [2.05, 4.69) is 161 Å². The normalized spacial score (nSPS) is 12.0. The predicted molar refractivity (Wildman–Crippen MR) is 241 cm³/mol. The summed E-state index contributed by atoms with van der Waals surface area (Å²) in [6.07, 6.45) is 11.5. The molecule has 2 nitrogen and oxygen atoms in total. The van der Waals surface area contributed by atoms with Crippen LogP contribution in [0.5, 0.6) is 0 Å². The van der Waals surface area contributed by atoms with Gasteiger partial charge in [0, 0.05) is 29.3 Å². The summed E-state index contributed by atoms with van der Waals surface area (Å²) >= 11 is 0. The quantitative estimate of drug-likeness (QED) is 0.0525. The molecule has 0 spiro atoms. The summed E-state index contributed by atoms with van der Waals surface area (Å²) in [6.45, 7) is 12.0. The zero-order valence-electron chi connectivity index (χ0n) is 33.2. The number of rotatable bonds is 17. The van der Waals surface area contributed by atoms with Gasteiger partial charge in [-0.1, -0.05) is 177 Å². The first-order chi connectivity index (χ1) is 26.9. The third kappa shape index (κ3) is 8.48. The molecule has 0 heterocycles. The van der Waals surface area contributed by atoms with Gasteiger partial charge in [0.05, 0.1) is 13.2 Å². The maximum absolute atomic E-state index is 6.32. The molecule has 0 aliphatic heterocycles. The van der Waals surface area contributed by atoms with Crippen molar-refractivity contribution in [3.8, 4) is 33.4 Å². The molecule has 0 atom stereocenters. The number of benzene rings is 7. The Hall–Kier alpha value is -4.59. The molecule has 7 rings (SSSR count). The van der Waals surface area contributed by atoms with Crippen molar-refractivity contribution in [2.75, 3.05) is 13.2 Å². The van der Waals surface area contributed by atoms with Gasteiger partial charge in [-0.15, -0.1) is 0 Å². The Morgan fingerprint density at radius 3 is 1.58 bits per heavy atom. The lowest BCUT2D eigenvalue weighted by Gasteiger charge is -2.24. The number of unbranched alkanes of at least 4 members (excludes halogenated alkanes) is 2. The van der Waals surface area contributed by atoms with Crippen molar-refractivity contribution < 1.29 is 9.47 Å². The lowest BCUT2D eigenvalue weighted by Crippen LogP contribution is -2.10. The van der Waals surface area contributed by atoms with Gasteiger partial charge in [0.15, 0.2) is 0 Å². The van der Waals surface area contributed by atoms with E-state index in [0.29, 0.717) is 18.6 Å². The van der Waals surface area contributed by atoms with Crippen LogP contribution in [0.15, 0.2) is 127 Å². The molecule has 0 bridgehead atoms. The highest BCUT2D eigenvalue weighted by atomic mass is 31.1. The maximum atomic E-state index is 6.32. The Morgan fingerprint density at radius 1 is 0.527 bits per heavy atom. The van der Waals surface area contributed by atoms with Crippen LogP contribution in [-0.2, 0) is 22.7 Å². The van der Waals surface area contributed by atoms with Gasteiger partial charge in [-0.05, 0) is 103 Å². The average molecular weight is 743 g/mol. The summed E-state index contributed by atoms with van der Waals surface area (Å²) in [5.41, 5.74) is 10.1. The van der Waals surface area contributed by atoms with Gasteiger partial charge in [0.2, 0.25) is 0 Å². The fourth-order valence-corrected chi connectivity index (χ4v) is 8.81. The molecule has 0 aliphatic rings. The van der Waals surface area contributed by atoms with Crippen molar-refractivity contribution in [3.63, 3.8) is 0 Å². The van der Waals surface area contributed by atoms with E-state index >= 15 is 0 Å². The van der Waals surface area contributed by atoms with Crippen molar-refractivity contribution >= 4 is 52.1 Å². The van der Waals surface area contributed by atoms with Gasteiger partial charge >= 0.3 is 0 Å². The summed E-state index contributed by atoms with van der Waals surface area (Å²) < 4.78 is 12.5. The molecule has 3 heteroatoms. The Balaban J connectivity index is 1.48. The number of hydrogen-bond donors (Lipinski definition) is 0. The summed E-state index contributed by atoms with van der Waals surface area (Å²) in [4.78, 5) is 0. The van der Waals surface area contributed by atoms with E-state index in [1.165, 1.54) is 108 Å². The second-order valence-corrected chi connectivity index (χ2v) is 16.4. The second kappa shape index (κ2) is 17.9. The van der Waals surface area contributed by atoms with E-state index in [1.807, 2.05) is 0 Å². The molecule has 0 unspecified atom stereocenters. The van der Waals surface area contributed by atoms with Crippen LogP contribution >= 0.6 is 8.20 Å². The van der Waals surface area contributed by atoms with Crippen LogP contribution in [0.25, 0.3) is 65.7 Å². The molecule has 0 amide bonds. The van der Waals surface area contributed by atoms with E-state index in [4.69, 9.17) is 9.47 Å². The van der Waals surface area contributed by atoms with Gasteiger partial charge in [0.25, 0.3) is 0 Å². The molecule has 0 N–H and O–H groups in total. The second-order valence-electron chi connectivity index (χ2n) is 15.7. The van der Waals surface area contributed by atoms with E-state index in [-0.39, 0.29) is 0 Å². The van der Waals surface area contributed by atoms with Gasteiger partial charge < -0.3 is 9.47 Å². The van der Waals surface area contributed by atoms with Crippen molar-refractivity contribution in [2.45, 2.75) is 79.4 Å². The van der Waals surface area contributed by atoms with Gasteiger partial charge in [-0.25, -0.2) is 0 Å². The third-order valence-corrected chi connectivity index (χ3v) is 12.1. The molecule has 7 aromatic rings. The predicted octanol–water partition coefficient (Wildman–Crippen LogP) is 14.6. The minimum Gasteiger partial charge on any atom is -0.377 e. The molecule has 7 aromatic carbocycles. The Kier molecular flexibility index (Phi) is 12.6. The molecule has 0 fully saturated rings. The first-order valence-corrected chi connectivity index (χ1v) is 21.3. The molecule has 0 radical (unpaired) electrons.